The van der Waals surface area contributed by atoms with Crippen LogP contribution in [0.2, 0.25) is 0 Å². The fourth-order valence-corrected chi connectivity index (χ4v) is 2.85. The fraction of sp³-hybridized carbons (Fsp3) is 0.800. The predicted octanol–water partition coefficient (Wildman–Crippen LogP) is -0.0124. The quantitative estimate of drug-likeness (QED) is 0.643. The number of esters is 1. The molecule has 0 aliphatic heterocycles. The van der Waals surface area contributed by atoms with Gasteiger partial charge < -0.3 is 15.6 Å². The minimum Gasteiger partial charge on any atom is -0.481 e. The average molecular weight is 213 g/mol. The lowest BCUT2D eigenvalue weighted by Gasteiger charge is -2.24. The molecular formula is C10H15NO4. The van der Waals surface area contributed by atoms with Crippen molar-refractivity contribution in [2.45, 2.75) is 25.3 Å². The third-order valence-electron chi connectivity index (χ3n) is 3.60. The highest BCUT2D eigenvalue weighted by atomic mass is 16.5. The van der Waals surface area contributed by atoms with E-state index in [4.69, 9.17) is 15.6 Å². The van der Waals surface area contributed by atoms with Crippen molar-refractivity contribution in [3.63, 3.8) is 0 Å². The number of carbonyl (C=O) groups is 2. The summed E-state index contributed by atoms with van der Waals surface area (Å²) in [6.07, 6.45) is 1.27. The first kappa shape index (κ1) is 10.4. The van der Waals surface area contributed by atoms with Gasteiger partial charge in [-0.15, -0.1) is 0 Å². The summed E-state index contributed by atoms with van der Waals surface area (Å²) in [6, 6.07) is 0. The Bertz CT molecular complexity index is 317. The normalized spacial score (nSPS) is 42.1. The van der Waals surface area contributed by atoms with E-state index in [1.165, 1.54) is 0 Å². The summed E-state index contributed by atoms with van der Waals surface area (Å²) in [7, 11) is 0. The van der Waals surface area contributed by atoms with E-state index in [0.717, 1.165) is 6.42 Å². The predicted molar refractivity (Wildman–Crippen MR) is 50.9 cm³/mol. The Kier molecular flexibility index (Phi) is 2.22. The summed E-state index contributed by atoms with van der Waals surface area (Å²) in [6.45, 7) is 2.00. The van der Waals surface area contributed by atoms with Crippen LogP contribution in [0, 0.1) is 17.8 Å². The second-order valence-electron chi connectivity index (χ2n) is 4.35. The monoisotopic (exact) mass is 213 g/mol. The van der Waals surface area contributed by atoms with Crippen LogP contribution in [0.25, 0.3) is 0 Å². The second kappa shape index (κ2) is 3.20. The molecule has 0 bridgehead atoms. The first-order valence-corrected chi connectivity index (χ1v) is 5.21. The zero-order valence-corrected chi connectivity index (χ0v) is 8.60. The molecule has 4 atom stereocenters. The molecule has 5 nitrogen and oxygen atoms in total. The van der Waals surface area contributed by atoms with Crippen molar-refractivity contribution in [3.05, 3.63) is 0 Å². The van der Waals surface area contributed by atoms with Gasteiger partial charge in [0.1, 0.15) is 5.54 Å². The molecule has 0 saturated heterocycles. The molecule has 84 valence electrons. The van der Waals surface area contributed by atoms with Crippen LogP contribution in [-0.2, 0) is 14.3 Å². The molecule has 2 fully saturated rings. The lowest BCUT2D eigenvalue weighted by atomic mass is 9.91. The average Bonchev–Trinajstić information content (AvgIpc) is 2.81. The first-order valence-electron chi connectivity index (χ1n) is 5.21. The molecule has 0 aromatic rings. The van der Waals surface area contributed by atoms with E-state index in [9.17, 15) is 9.59 Å². The van der Waals surface area contributed by atoms with Crippen molar-refractivity contribution in [1.29, 1.82) is 0 Å². The summed E-state index contributed by atoms with van der Waals surface area (Å²) in [4.78, 5) is 22.5. The van der Waals surface area contributed by atoms with Gasteiger partial charge in [0.05, 0.1) is 12.5 Å². The summed E-state index contributed by atoms with van der Waals surface area (Å²) in [5.41, 5.74) is 4.91. The third-order valence-corrected chi connectivity index (χ3v) is 3.60. The number of rotatable bonds is 3. The summed E-state index contributed by atoms with van der Waals surface area (Å²) in [5, 5.41) is 8.90. The summed E-state index contributed by atoms with van der Waals surface area (Å²) in [5.74, 6) is -1.86. The van der Waals surface area contributed by atoms with Gasteiger partial charge in [0.15, 0.2) is 0 Å². The van der Waals surface area contributed by atoms with Gasteiger partial charge in [-0.1, -0.05) is 0 Å². The van der Waals surface area contributed by atoms with Crippen LogP contribution in [0.15, 0.2) is 0 Å². The molecule has 0 aromatic carbocycles. The molecule has 0 spiro atoms. The maximum atomic E-state index is 11.6. The molecule has 3 N–H and O–H groups in total. The molecule has 5 heteroatoms. The van der Waals surface area contributed by atoms with Crippen molar-refractivity contribution in [2.24, 2.45) is 23.5 Å². The number of hydrogen-bond donors (Lipinski definition) is 2. The zero-order chi connectivity index (χ0) is 11.2. The van der Waals surface area contributed by atoms with E-state index in [1.54, 1.807) is 6.92 Å². The Morgan fingerprint density at radius 1 is 1.60 bits per heavy atom. The molecule has 0 aromatic heterocycles. The van der Waals surface area contributed by atoms with Crippen molar-refractivity contribution in [3.8, 4) is 0 Å². The fourth-order valence-electron chi connectivity index (χ4n) is 2.85. The number of carbonyl (C=O) groups excluding carboxylic acids is 1. The Balaban J connectivity index is 2.11. The summed E-state index contributed by atoms with van der Waals surface area (Å²) >= 11 is 0. The highest BCUT2D eigenvalue weighted by molar-refractivity contribution is 5.86. The van der Waals surface area contributed by atoms with E-state index < -0.39 is 23.4 Å². The highest BCUT2D eigenvalue weighted by Gasteiger charge is 2.70. The van der Waals surface area contributed by atoms with E-state index >= 15 is 0 Å². The minimum absolute atomic E-state index is 0.0805. The van der Waals surface area contributed by atoms with Crippen LogP contribution >= 0.6 is 0 Å². The van der Waals surface area contributed by atoms with Crippen molar-refractivity contribution < 1.29 is 19.4 Å². The standard InChI is InChI=1S/C10H15NO4/c1-2-15-9(14)10(11)4-3-5-6(7(5)10)8(12)13/h5-7H,2-4,11H2,1H3,(H,12,13)/t5-,6-,7-,10-/m0/s1. The molecule has 15 heavy (non-hydrogen) atoms. The number of aliphatic carboxylic acids is 1. The van der Waals surface area contributed by atoms with Crippen LogP contribution in [0.4, 0.5) is 0 Å². The van der Waals surface area contributed by atoms with Gasteiger partial charge in [-0.05, 0) is 25.7 Å². The van der Waals surface area contributed by atoms with Crippen LogP contribution < -0.4 is 5.73 Å². The van der Waals surface area contributed by atoms with E-state index in [0.29, 0.717) is 6.42 Å². The number of nitrogens with two attached hydrogens (primary N) is 1. The van der Waals surface area contributed by atoms with Gasteiger partial charge >= 0.3 is 11.9 Å². The Hall–Kier alpha value is -1.10. The van der Waals surface area contributed by atoms with Crippen LogP contribution in [0.5, 0.6) is 0 Å². The highest BCUT2D eigenvalue weighted by Crippen LogP contribution is 2.61. The van der Waals surface area contributed by atoms with Gasteiger partial charge in [0.2, 0.25) is 0 Å². The lowest BCUT2D eigenvalue weighted by Crippen LogP contribution is -2.50. The molecule has 0 unspecified atom stereocenters. The van der Waals surface area contributed by atoms with E-state index in [2.05, 4.69) is 0 Å². The first-order chi connectivity index (χ1) is 7.02. The topological polar surface area (TPSA) is 89.6 Å². The largest absolute Gasteiger partial charge is 0.481 e. The van der Waals surface area contributed by atoms with Gasteiger partial charge in [0, 0.05) is 5.92 Å². The van der Waals surface area contributed by atoms with Gasteiger partial charge in [-0.3, -0.25) is 9.59 Å². The molecule has 2 rings (SSSR count). The Morgan fingerprint density at radius 3 is 2.73 bits per heavy atom. The summed E-state index contributed by atoms with van der Waals surface area (Å²) < 4.78 is 4.90. The molecule has 0 radical (unpaired) electrons. The van der Waals surface area contributed by atoms with Crippen molar-refractivity contribution in [1.82, 2.24) is 0 Å². The SMILES string of the molecule is CCOC(=O)[C@]1(N)CC[C@H]2[C@H](C(=O)O)[C@H]21. The zero-order valence-electron chi connectivity index (χ0n) is 8.60. The van der Waals surface area contributed by atoms with Crippen LogP contribution in [0.3, 0.4) is 0 Å². The minimum atomic E-state index is -1.05. The van der Waals surface area contributed by atoms with Crippen molar-refractivity contribution >= 4 is 11.9 Å². The number of hydrogen-bond acceptors (Lipinski definition) is 4. The van der Waals surface area contributed by atoms with Gasteiger partial charge in [-0.2, -0.15) is 0 Å². The maximum absolute atomic E-state index is 11.6. The molecule has 2 saturated carbocycles. The number of ether oxygens (including phenoxy) is 1. The number of carboxylic acid groups (broad SMARTS) is 1. The van der Waals surface area contributed by atoms with Gasteiger partial charge in [0.25, 0.3) is 0 Å². The smallest absolute Gasteiger partial charge is 0.326 e. The lowest BCUT2D eigenvalue weighted by molar-refractivity contribution is -0.151. The molecule has 0 amide bonds. The van der Waals surface area contributed by atoms with Gasteiger partial charge in [-0.25, -0.2) is 0 Å². The molecule has 2 aliphatic rings. The number of carboxylic acids is 1. The van der Waals surface area contributed by atoms with Crippen LogP contribution in [-0.4, -0.2) is 29.2 Å². The van der Waals surface area contributed by atoms with E-state index in [-0.39, 0.29) is 18.4 Å². The molecule has 2 aliphatic carbocycles. The van der Waals surface area contributed by atoms with E-state index in [1.807, 2.05) is 0 Å². The number of fused-ring (bicyclic) bond motifs is 1. The second-order valence-corrected chi connectivity index (χ2v) is 4.35. The maximum Gasteiger partial charge on any atom is 0.326 e. The molecular weight excluding hydrogens is 198 g/mol. The van der Waals surface area contributed by atoms with Crippen molar-refractivity contribution in [2.75, 3.05) is 6.61 Å². The Morgan fingerprint density at radius 2 is 2.27 bits per heavy atom. The third kappa shape index (κ3) is 1.33. The molecule has 0 heterocycles. The van der Waals surface area contributed by atoms with Crippen LogP contribution in [0.1, 0.15) is 19.8 Å². The Labute approximate surface area is 87.6 Å².